The molecule has 3 aromatic rings. The summed E-state index contributed by atoms with van der Waals surface area (Å²) < 4.78 is 16.0. The lowest BCUT2D eigenvalue weighted by Gasteiger charge is -2.18. The van der Waals surface area contributed by atoms with Gasteiger partial charge in [-0.3, -0.25) is 4.79 Å². The van der Waals surface area contributed by atoms with Crippen molar-refractivity contribution in [2.75, 3.05) is 25.0 Å². The second-order valence-electron chi connectivity index (χ2n) is 8.12. The summed E-state index contributed by atoms with van der Waals surface area (Å²) >= 11 is 0. The van der Waals surface area contributed by atoms with Crippen molar-refractivity contribution in [2.24, 2.45) is 13.0 Å². The molecule has 1 aliphatic rings. The van der Waals surface area contributed by atoms with Gasteiger partial charge >= 0.3 is 0 Å². The predicted octanol–water partition coefficient (Wildman–Crippen LogP) is 3.71. The molecule has 0 aliphatic carbocycles. The van der Waals surface area contributed by atoms with Gasteiger partial charge in [0.2, 0.25) is 0 Å². The Balaban J connectivity index is 1.85. The average Bonchev–Trinajstić information content (AvgIpc) is 3.33. The first-order valence-corrected chi connectivity index (χ1v) is 10.9. The van der Waals surface area contributed by atoms with Crippen LogP contribution in [0, 0.1) is 23.1 Å². The fourth-order valence-electron chi connectivity index (χ4n) is 4.06. The monoisotopic (exact) mass is 431 g/mol. The van der Waals surface area contributed by atoms with Crippen LogP contribution in [0.15, 0.2) is 47.3 Å². The second-order valence-corrected chi connectivity index (χ2v) is 8.12. The minimum Gasteiger partial charge on any atom is -0.365 e. The van der Waals surface area contributed by atoms with Gasteiger partial charge in [-0.25, -0.2) is 9.37 Å². The van der Waals surface area contributed by atoms with Crippen molar-refractivity contribution in [2.45, 2.75) is 19.8 Å². The molecule has 4 rings (SSSR count). The lowest BCUT2D eigenvalue weighted by molar-refractivity contribution is 0.613. The largest absolute Gasteiger partial charge is 0.365 e. The Labute approximate surface area is 186 Å². The summed E-state index contributed by atoms with van der Waals surface area (Å²) in [4.78, 5) is 17.8. The van der Waals surface area contributed by atoms with Gasteiger partial charge < -0.3 is 15.2 Å². The van der Waals surface area contributed by atoms with Gasteiger partial charge in [0.15, 0.2) is 5.82 Å². The molecule has 1 aliphatic heterocycles. The molecule has 7 heteroatoms. The van der Waals surface area contributed by atoms with E-state index in [1.54, 1.807) is 17.7 Å². The van der Waals surface area contributed by atoms with Crippen LogP contribution in [-0.2, 0) is 13.5 Å². The maximum absolute atomic E-state index is 14.5. The minimum absolute atomic E-state index is 0.0282. The van der Waals surface area contributed by atoms with Crippen molar-refractivity contribution < 1.29 is 4.39 Å². The van der Waals surface area contributed by atoms with Gasteiger partial charge in [0.25, 0.3) is 5.56 Å². The van der Waals surface area contributed by atoms with Gasteiger partial charge in [-0.15, -0.1) is 0 Å². The molecular formula is C25H26FN5O. The van der Waals surface area contributed by atoms with Crippen LogP contribution in [0.3, 0.4) is 0 Å². The van der Waals surface area contributed by atoms with Gasteiger partial charge in [0.05, 0.1) is 17.0 Å². The topological polar surface area (TPSA) is 82.7 Å². The van der Waals surface area contributed by atoms with Crippen molar-refractivity contribution >= 4 is 5.82 Å². The molecule has 2 N–H and O–H groups in total. The SMILES string of the molecule is CCc1ccc(-c2c(-c3ccc(C#N)c(F)c3)nc(NC[C@H]3CCNC3)c(=O)n2C)cc1. The summed E-state index contributed by atoms with van der Waals surface area (Å²) in [6, 6.07) is 14.2. The number of aromatic nitrogens is 2. The van der Waals surface area contributed by atoms with E-state index < -0.39 is 5.82 Å². The second kappa shape index (κ2) is 9.33. The lowest BCUT2D eigenvalue weighted by atomic mass is 10.0. The van der Waals surface area contributed by atoms with E-state index in [0.29, 0.717) is 29.4 Å². The zero-order valence-corrected chi connectivity index (χ0v) is 18.3. The number of aryl methyl sites for hydroxylation is 1. The number of benzene rings is 2. The van der Waals surface area contributed by atoms with Gasteiger partial charge in [-0.2, -0.15) is 5.26 Å². The fraction of sp³-hybridized carbons (Fsp3) is 0.320. The molecule has 2 aromatic carbocycles. The smallest absolute Gasteiger partial charge is 0.293 e. The Morgan fingerprint density at radius 1 is 1.25 bits per heavy atom. The number of nitrogens with one attached hydrogen (secondary N) is 2. The van der Waals surface area contributed by atoms with Crippen molar-refractivity contribution in [1.29, 1.82) is 5.26 Å². The van der Waals surface area contributed by atoms with Crippen LogP contribution in [0.2, 0.25) is 0 Å². The van der Waals surface area contributed by atoms with E-state index in [4.69, 9.17) is 5.26 Å². The van der Waals surface area contributed by atoms with Crippen LogP contribution in [0.1, 0.15) is 24.5 Å². The first kappa shape index (κ1) is 21.7. The fourth-order valence-corrected chi connectivity index (χ4v) is 4.06. The van der Waals surface area contributed by atoms with E-state index in [1.807, 2.05) is 30.3 Å². The Kier molecular flexibility index (Phi) is 6.33. The normalized spacial score (nSPS) is 15.5. The summed E-state index contributed by atoms with van der Waals surface area (Å²) in [6.07, 6.45) is 1.95. The zero-order chi connectivity index (χ0) is 22.7. The lowest BCUT2D eigenvalue weighted by Crippen LogP contribution is -2.27. The van der Waals surface area contributed by atoms with Gasteiger partial charge in [0, 0.05) is 24.7 Å². The van der Waals surface area contributed by atoms with E-state index in [0.717, 1.165) is 31.5 Å². The minimum atomic E-state index is -0.612. The highest BCUT2D eigenvalue weighted by molar-refractivity contribution is 5.79. The van der Waals surface area contributed by atoms with Crippen LogP contribution in [0.5, 0.6) is 0 Å². The van der Waals surface area contributed by atoms with E-state index in [2.05, 4.69) is 22.5 Å². The molecule has 1 atom stereocenters. The van der Waals surface area contributed by atoms with E-state index >= 15 is 0 Å². The molecule has 1 fully saturated rings. The van der Waals surface area contributed by atoms with Crippen LogP contribution < -0.4 is 16.2 Å². The first-order chi connectivity index (χ1) is 15.5. The summed E-state index contributed by atoms with van der Waals surface area (Å²) in [5.41, 5.74) is 3.35. The molecule has 164 valence electrons. The maximum Gasteiger partial charge on any atom is 0.293 e. The Morgan fingerprint density at radius 2 is 2.00 bits per heavy atom. The third kappa shape index (κ3) is 4.27. The molecule has 0 spiro atoms. The molecule has 32 heavy (non-hydrogen) atoms. The summed E-state index contributed by atoms with van der Waals surface area (Å²) in [6.45, 7) is 4.60. The average molecular weight is 432 g/mol. The molecule has 0 bridgehead atoms. The van der Waals surface area contributed by atoms with Crippen LogP contribution in [0.4, 0.5) is 10.2 Å². The molecule has 0 unspecified atom stereocenters. The third-order valence-corrected chi connectivity index (χ3v) is 6.01. The number of hydrogen-bond acceptors (Lipinski definition) is 5. The Bertz CT molecular complexity index is 1220. The highest BCUT2D eigenvalue weighted by Gasteiger charge is 2.20. The molecule has 1 saturated heterocycles. The summed E-state index contributed by atoms with van der Waals surface area (Å²) in [7, 11) is 1.71. The number of halogens is 1. The first-order valence-electron chi connectivity index (χ1n) is 10.9. The maximum atomic E-state index is 14.5. The highest BCUT2D eigenvalue weighted by Crippen LogP contribution is 2.31. The predicted molar refractivity (Wildman–Crippen MR) is 124 cm³/mol. The van der Waals surface area contributed by atoms with Crippen LogP contribution in [0.25, 0.3) is 22.5 Å². The standard InChI is InChI=1S/C25H26FN5O/c1-3-16-4-6-18(7-5-16)23-22(19-8-9-20(13-27)21(26)12-19)30-24(25(32)31(23)2)29-15-17-10-11-28-14-17/h4-9,12,17,28H,3,10-11,14-15H2,1-2H3,(H,29,30)/t17-/m0/s1. The number of rotatable bonds is 6. The summed E-state index contributed by atoms with van der Waals surface area (Å²) in [5.74, 6) is 0.0612. The van der Waals surface area contributed by atoms with E-state index in [-0.39, 0.29) is 16.9 Å². The van der Waals surface area contributed by atoms with Gasteiger partial charge in [-0.1, -0.05) is 37.3 Å². The Morgan fingerprint density at radius 3 is 2.62 bits per heavy atom. The van der Waals surface area contributed by atoms with Crippen molar-refractivity contribution in [3.05, 3.63) is 69.8 Å². The van der Waals surface area contributed by atoms with Crippen LogP contribution >= 0.6 is 0 Å². The number of hydrogen-bond donors (Lipinski definition) is 2. The Hall–Kier alpha value is -3.50. The molecule has 0 amide bonds. The molecule has 0 radical (unpaired) electrons. The number of nitriles is 1. The van der Waals surface area contributed by atoms with E-state index in [9.17, 15) is 9.18 Å². The zero-order valence-electron chi connectivity index (χ0n) is 18.3. The van der Waals surface area contributed by atoms with Crippen molar-refractivity contribution in [1.82, 2.24) is 14.9 Å². The van der Waals surface area contributed by atoms with E-state index in [1.165, 1.54) is 17.7 Å². The van der Waals surface area contributed by atoms with Gasteiger partial charge in [0.1, 0.15) is 11.9 Å². The third-order valence-electron chi connectivity index (χ3n) is 6.01. The quantitative estimate of drug-likeness (QED) is 0.622. The molecular weight excluding hydrogens is 405 g/mol. The molecule has 0 saturated carbocycles. The number of nitrogens with zero attached hydrogens (tertiary/aromatic N) is 3. The van der Waals surface area contributed by atoms with Crippen LogP contribution in [-0.4, -0.2) is 29.2 Å². The molecule has 2 heterocycles. The molecule has 1 aromatic heterocycles. The summed E-state index contributed by atoms with van der Waals surface area (Å²) in [5, 5.41) is 15.6. The van der Waals surface area contributed by atoms with Crippen molar-refractivity contribution in [3.8, 4) is 28.6 Å². The molecule has 6 nitrogen and oxygen atoms in total. The van der Waals surface area contributed by atoms with Crippen molar-refractivity contribution in [3.63, 3.8) is 0 Å². The number of anilines is 1. The van der Waals surface area contributed by atoms with Gasteiger partial charge in [-0.05, 0) is 49.5 Å². The highest BCUT2D eigenvalue weighted by atomic mass is 19.1.